The zero-order valence-electron chi connectivity index (χ0n) is 13.7. The van der Waals surface area contributed by atoms with E-state index in [1.807, 2.05) is 18.3 Å². The van der Waals surface area contributed by atoms with E-state index in [1.165, 1.54) is 5.56 Å². The van der Waals surface area contributed by atoms with Crippen LogP contribution in [0, 0.1) is 0 Å². The standard InChI is InChI=1S/C17H24N4OS/c1-3-8-22-16-6-5-14(10-19-16)11-20-17(18-4-2)21-12-15-7-9-23-13-15/h5-7,9-10,13H,3-4,8,11-12H2,1-2H3,(H2,18,20,21). The third-order valence-electron chi connectivity index (χ3n) is 3.06. The van der Waals surface area contributed by atoms with Crippen molar-refractivity contribution in [2.24, 2.45) is 4.99 Å². The maximum Gasteiger partial charge on any atom is 0.213 e. The number of ether oxygens (including phenoxy) is 1. The van der Waals surface area contributed by atoms with Gasteiger partial charge < -0.3 is 15.4 Å². The molecule has 6 heteroatoms. The summed E-state index contributed by atoms with van der Waals surface area (Å²) >= 11 is 1.69. The normalized spacial score (nSPS) is 11.3. The number of aromatic nitrogens is 1. The minimum Gasteiger partial charge on any atom is -0.478 e. The molecule has 5 nitrogen and oxygen atoms in total. The molecule has 0 bridgehead atoms. The Kier molecular flexibility index (Phi) is 7.39. The van der Waals surface area contributed by atoms with Crippen molar-refractivity contribution in [1.82, 2.24) is 15.6 Å². The van der Waals surface area contributed by atoms with Gasteiger partial charge in [0.1, 0.15) is 0 Å². The molecule has 0 aromatic carbocycles. The van der Waals surface area contributed by atoms with Crippen LogP contribution in [-0.4, -0.2) is 24.1 Å². The maximum atomic E-state index is 5.49. The van der Waals surface area contributed by atoms with E-state index < -0.39 is 0 Å². The first kappa shape index (κ1) is 17.3. The van der Waals surface area contributed by atoms with Gasteiger partial charge in [-0.25, -0.2) is 9.98 Å². The van der Waals surface area contributed by atoms with E-state index in [-0.39, 0.29) is 0 Å². The van der Waals surface area contributed by atoms with E-state index in [9.17, 15) is 0 Å². The number of pyridine rings is 1. The molecule has 0 radical (unpaired) electrons. The Morgan fingerprint density at radius 2 is 2.13 bits per heavy atom. The summed E-state index contributed by atoms with van der Waals surface area (Å²) in [5.74, 6) is 1.48. The van der Waals surface area contributed by atoms with Crippen molar-refractivity contribution >= 4 is 17.3 Å². The fourth-order valence-electron chi connectivity index (χ4n) is 1.89. The number of thiophene rings is 1. The molecular weight excluding hydrogens is 308 g/mol. The van der Waals surface area contributed by atoms with E-state index in [1.54, 1.807) is 11.3 Å². The molecule has 23 heavy (non-hydrogen) atoms. The highest BCUT2D eigenvalue weighted by molar-refractivity contribution is 7.07. The number of guanidine groups is 1. The second-order valence-corrected chi connectivity index (χ2v) is 5.81. The van der Waals surface area contributed by atoms with E-state index in [2.05, 4.69) is 51.3 Å². The zero-order valence-corrected chi connectivity index (χ0v) is 14.5. The Morgan fingerprint density at radius 1 is 1.22 bits per heavy atom. The van der Waals surface area contributed by atoms with Crippen molar-refractivity contribution in [3.63, 3.8) is 0 Å². The van der Waals surface area contributed by atoms with E-state index in [0.717, 1.165) is 24.5 Å². The summed E-state index contributed by atoms with van der Waals surface area (Å²) < 4.78 is 5.49. The van der Waals surface area contributed by atoms with Crippen LogP contribution in [0.4, 0.5) is 0 Å². The second-order valence-electron chi connectivity index (χ2n) is 5.03. The van der Waals surface area contributed by atoms with Crippen molar-refractivity contribution in [3.8, 4) is 5.88 Å². The summed E-state index contributed by atoms with van der Waals surface area (Å²) in [6.07, 6.45) is 2.82. The van der Waals surface area contributed by atoms with Crippen molar-refractivity contribution in [3.05, 3.63) is 46.3 Å². The lowest BCUT2D eigenvalue weighted by atomic mass is 10.3. The van der Waals surface area contributed by atoms with Crippen molar-refractivity contribution < 1.29 is 4.74 Å². The van der Waals surface area contributed by atoms with Crippen LogP contribution in [0.15, 0.2) is 40.1 Å². The van der Waals surface area contributed by atoms with Crippen molar-refractivity contribution in [2.75, 3.05) is 13.2 Å². The molecule has 0 atom stereocenters. The van der Waals surface area contributed by atoms with Crippen LogP contribution in [-0.2, 0) is 13.1 Å². The zero-order chi connectivity index (χ0) is 16.3. The fraction of sp³-hybridized carbons (Fsp3) is 0.412. The second kappa shape index (κ2) is 9.84. The molecule has 0 saturated heterocycles. The van der Waals surface area contributed by atoms with E-state index in [0.29, 0.717) is 25.6 Å². The van der Waals surface area contributed by atoms with Crippen LogP contribution < -0.4 is 15.4 Å². The first-order valence-corrected chi connectivity index (χ1v) is 8.87. The highest BCUT2D eigenvalue weighted by Crippen LogP contribution is 2.08. The molecule has 0 saturated carbocycles. The summed E-state index contributed by atoms with van der Waals surface area (Å²) in [4.78, 5) is 8.89. The summed E-state index contributed by atoms with van der Waals surface area (Å²) in [5, 5.41) is 10.8. The van der Waals surface area contributed by atoms with Crippen LogP contribution >= 0.6 is 11.3 Å². The van der Waals surface area contributed by atoms with Gasteiger partial charge >= 0.3 is 0 Å². The summed E-state index contributed by atoms with van der Waals surface area (Å²) in [5.41, 5.74) is 2.32. The van der Waals surface area contributed by atoms with Gasteiger partial charge in [-0.05, 0) is 41.3 Å². The Hall–Kier alpha value is -2.08. The molecule has 0 amide bonds. The average Bonchev–Trinajstić information content (AvgIpc) is 3.10. The quantitative estimate of drug-likeness (QED) is 0.576. The van der Waals surface area contributed by atoms with Gasteiger partial charge in [0.15, 0.2) is 5.96 Å². The van der Waals surface area contributed by atoms with Crippen LogP contribution in [0.25, 0.3) is 0 Å². The topological polar surface area (TPSA) is 58.5 Å². The van der Waals surface area contributed by atoms with Crippen molar-refractivity contribution in [2.45, 2.75) is 33.4 Å². The fourth-order valence-corrected chi connectivity index (χ4v) is 2.55. The van der Waals surface area contributed by atoms with E-state index in [4.69, 9.17) is 4.74 Å². The molecule has 0 aliphatic rings. The van der Waals surface area contributed by atoms with Gasteiger partial charge in [-0.3, -0.25) is 0 Å². The first-order chi connectivity index (χ1) is 11.3. The molecule has 0 fully saturated rings. The lowest BCUT2D eigenvalue weighted by Crippen LogP contribution is -2.36. The molecule has 0 unspecified atom stereocenters. The lowest BCUT2D eigenvalue weighted by Gasteiger charge is -2.11. The van der Waals surface area contributed by atoms with Gasteiger partial charge in [0.05, 0.1) is 13.2 Å². The molecular formula is C17H24N4OS. The highest BCUT2D eigenvalue weighted by atomic mass is 32.1. The molecule has 0 aliphatic carbocycles. The van der Waals surface area contributed by atoms with Crippen LogP contribution in [0.5, 0.6) is 5.88 Å². The summed E-state index contributed by atoms with van der Waals surface area (Å²) in [6.45, 7) is 7.03. The van der Waals surface area contributed by atoms with Crippen LogP contribution in [0.3, 0.4) is 0 Å². The van der Waals surface area contributed by atoms with E-state index >= 15 is 0 Å². The molecule has 2 rings (SSSR count). The Morgan fingerprint density at radius 3 is 2.78 bits per heavy atom. The lowest BCUT2D eigenvalue weighted by molar-refractivity contribution is 0.305. The predicted molar refractivity (Wildman–Crippen MR) is 96.0 cm³/mol. The van der Waals surface area contributed by atoms with Crippen LogP contribution in [0.2, 0.25) is 0 Å². The van der Waals surface area contributed by atoms with Crippen LogP contribution in [0.1, 0.15) is 31.4 Å². The van der Waals surface area contributed by atoms with Gasteiger partial charge in [0.2, 0.25) is 5.88 Å². The molecule has 2 heterocycles. The summed E-state index contributed by atoms with van der Waals surface area (Å²) in [7, 11) is 0. The monoisotopic (exact) mass is 332 g/mol. The molecule has 124 valence electrons. The Balaban J connectivity index is 1.86. The third-order valence-corrected chi connectivity index (χ3v) is 3.79. The number of hydrogen-bond acceptors (Lipinski definition) is 4. The highest BCUT2D eigenvalue weighted by Gasteiger charge is 2.00. The number of aliphatic imine (C=N–C) groups is 1. The number of hydrogen-bond donors (Lipinski definition) is 2. The molecule has 2 aromatic heterocycles. The van der Waals surface area contributed by atoms with Gasteiger partial charge in [-0.15, -0.1) is 0 Å². The SMILES string of the molecule is CCCOc1ccc(CNC(=NCc2ccsc2)NCC)cn1. The number of nitrogens with one attached hydrogen (secondary N) is 2. The Labute approximate surface area is 141 Å². The molecule has 0 aliphatic heterocycles. The number of rotatable bonds is 8. The van der Waals surface area contributed by atoms with Crippen molar-refractivity contribution in [1.29, 1.82) is 0 Å². The predicted octanol–water partition coefficient (Wildman–Crippen LogP) is 3.19. The van der Waals surface area contributed by atoms with Gasteiger partial charge in [0, 0.05) is 25.4 Å². The molecule has 0 spiro atoms. The van der Waals surface area contributed by atoms with Gasteiger partial charge in [0.25, 0.3) is 0 Å². The minimum atomic E-state index is 0.675. The van der Waals surface area contributed by atoms with Gasteiger partial charge in [-0.2, -0.15) is 11.3 Å². The first-order valence-electron chi connectivity index (χ1n) is 7.92. The third kappa shape index (κ3) is 6.28. The average molecular weight is 332 g/mol. The Bertz CT molecular complexity index is 581. The minimum absolute atomic E-state index is 0.675. The maximum absolute atomic E-state index is 5.49. The number of nitrogens with zero attached hydrogens (tertiary/aromatic N) is 2. The summed E-state index contributed by atoms with van der Waals surface area (Å²) in [6, 6.07) is 6.02. The largest absolute Gasteiger partial charge is 0.478 e. The molecule has 2 N–H and O–H groups in total. The van der Waals surface area contributed by atoms with Gasteiger partial charge in [-0.1, -0.05) is 13.0 Å². The molecule has 2 aromatic rings. The smallest absolute Gasteiger partial charge is 0.213 e.